The molecule has 0 radical (unpaired) electrons. The Morgan fingerprint density at radius 2 is 1.78 bits per heavy atom. The largest absolute Gasteiger partial charge is 0.507 e. The molecule has 1 atom stereocenters. The molecule has 1 aromatic heterocycles. The van der Waals surface area contributed by atoms with Gasteiger partial charge in [0.1, 0.15) is 17.3 Å². The van der Waals surface area contributed by atoms with Gasteiger partial charge in [-0.25, -0.2) is 0 Å². The van der Waals surface area contributed by atoms with Crippen LogP contribution < -0.4 is 9.47 Å². The number of aliphatic hydroxyl groups is 1. The van der Waals surface area contributed by atoms with Crippen LogP contribution in [0.15, 0.2) is 72.4 Å². The lowest BCUT2D eigenvalue weighted by molar-refractivity contribution is -0.140. The van der Waals surface area contributed by atoms with Crippen LogP contribution in [0.4, 0.5) is 0 Å². The van der Waals surface area contributed by atoms with Crippen molar-refractivity contribution in [3.8, 4) is 11.5 Å². The Labute approximate surface area is 211 Å². The fraction of sp³-hybridized carbons (Fsp3) is 0.276. The summed E-state index contributed by atoms with van der Waals surface area (Å²) in [6, 6.07) is 17.2. The number of carbonyl (C=O) groups excluding carboxylic acids is 2. The van der Waals surface area contributed by atoms with Crippen LogP contribution in [-0.4, -0.2) is 40.9 Å². The molecule has 2 heterocycles. The number of pyridine rings is 1. The smallest absolute Gasteiger partial charge is 0.296 e. The lowest BCUT2D eigenvalue weighted by Crippen LogP contribution is -2.29. The summed E-state index contributed by atoms with van der Waals surface area (Å²) in [4.78, 5) is 32.5. The Balaban J connectivity index is 1.94. The molecule has 0 bridgehead atoms. The van der Waals surface area contributed by atoms with Gasteiger partial charge in [0.2, 0.25) is 0 Å². The molecule has 1 amide bonds. The average molecular weight is 487 g/mol. The van der Waals surface area contributed by atoms with Crippen molar-refractivity contribution in [2.45, 2.75) is 38.8 Å². The zero-order chi connectivity index (χ0) is 26.0. The molecule has 7 nitrogen and oxygen atoms in total. The topological polar surface area (TPSA) is 89.0 Å². The standard InChI is InChI=1S/C29H30N2O5/c1-29(2,3)19-12-13-23(36-5)22(16-19)26(32)24-25(18-9-8-11-21(15-18)35-4)31(28(34)27(24)33)17-20-10-6-7-14-30-20/h6-16,25,32H,17H2,1-5H3/b26-24+. The lowest BCUT2D eigenvalue weighted by Gasteiger charge is -2.26. The molecule has 0 saturated carbocycles. The molecule has 4 rings (SSSR count). The predicted molar refractivity (Wildman–Crippen MR) is 137 cm³/mol. The molecule has 1 saturated heterocycles. The van der Waals surface area contributed by atoms with Crippen LogP contribution in [0.25, 0.3) is 5.76 Å². The van der Waals surface area contributed by atoms with Gasteiger partial charge >= 0.3 is 0 Å². The van der Waals surface area contributed by atoms with Gasteiger partial charge in [-0.15, -0.1) is 0 Å². The summed E-state index contributed by atoms with van der Waals surface area (Å²) in [6.07, 6.45) is 1.63. The minimum absolute atomic E-state index is 0.00598. The van der Waals surface area contributed by atoms with Gasteiger partial charge in [-0.1, -0.05) is 45.0 Å². The van der Waals surface area contributed by atoms with E-state index in [1.807, 2.05) is 18.2 Å². The first-order valence-corrected chi connectivity index (χ1v) is 11.7. The van der Waals surface area contributed by atoms with Gasteiger partial charge in [-0.3, -0.25) is 14.6 Å². The van der Waals surface area contributed by atoms with Crippen molar-refractivity contribution < 1.29 is 24.2 Å². The fourth-order valence-corrected chi connectivity index (χ4v) is 4.37. The highest BCUT2D eigenvalue weighted by atomic mass is 16.5. The third-order valence-corrected chi connectivity index (χ3v) is 6.33. The molecule has 186 valence electrons. The van der Waals surface area contributed by atoms with Gasteiger partial charge in [0, 0.05) is 6.20 Å². The number of aliphatic hydroxyl groups excluding tert-OH is 1. The third kappa shape index (κ3) is 4.69. The molecule has 0 aliphatic carbocycles. The molecule has 1 aliphatic rings. The molecule has 7 heteroatoms. The zero-order valence-corrected chi connectivity index (χ0v) is 21.1. The second-order valence-electron chi connectivity index (χ2n) is 9.69. The first kappa shape index (κ1) is 25.0. The number of methoxy groups -OCH3 is 2. The van der Waals surface area contributed by atoms with Crippen molar-refractivity contribution in [2.75, 3.05) is 14.2 Å². The molecule has 0 spiro atoms. The Hall–Kier alpha value is -4.13. The molecule has 3 aromatic rings. The van der Waals surface area contributed by atoms with E-state index in [0.29, 0.717) is 28.3 Å². The monoisotopic (exact) mass is 486 g/mol. The van der Waals surface area contributed by atoms with Gasteiger partial charge in [0.25, 0.3) is 11.7 Å². The van der Waals surface area contributed by atoms with Crippen molar-refractivity contribution in [1.29, 1.82) is 0 Å². The third-order valence-electron chi connectivity index (χ3n) is 6.33. The SMILES string of the molecule is COc1cccc(C2/C(=C(\O)c3cc(C(C)(C)C)ccc3OC)C(=O)C(=O)N2Cc2ccccn2)c1. The molecule has 1 aliphatic heterocycles. The summed E-state index contributed by atoms with van der Waals surface area (Å²) in [5.41, 5.74) is 2.35. The quantitative estimate of drug-likeness (QED) is 0.299. The number of likely N-dealkylation sites (tertiary alicyclic amines) is 1. The van der Waals surface area contributed by atoms with Crippen molar-refractivity contribution in [1.82, 2.24) is 9.88 Å². The molecule has 1 N–H and O–H groups in total. The number of aromatic nitrogens is 1. The number of nitrogens with zero attached hydrogens (tertiary/aromatic N) is 2. The zero-order valence-electron chi connectivity index (χ0n) is 21.1. The highest BCUT2D eigenvalue weighted by Crippen LogP contribution is 2.43. The number of hydrogen-bond acceptors (Lipinski definition) is 6. The van der Waals surface area contributed by atoms with Crippen LogP contribution in [-0.2, 0) is 21.5 Å². The number of carbonyl (C=O) groups is 2. The molecule has 2 aromatic carbocycles. The molecule has 1 fully saturated rings. The molecular formula is C29H30N2O5. The van der Waals surface area contributed by atoms with E-state index in [1.54, 1.807) is 55.8 Å². The van der Waals surface area contributed by atoms with E-state index in [-0.39, 0.29) is 23.3 Å². The maximum absolute atomic E-state index is 13.4. The maximum atomic E-state index is 13.4. The minimum Gasteiger partial charge on any atom is -0.507 e. The molecule has 1 unspecified atom stereocenters. The number of amides is 1. The highest BCUT2D eigenvalue weighted by Gasteiger charge is 2.46. The van der Waals surface area contributed by atoms with E-state index in [1.165, 1.54) is 12.0 Å². The summed E-state index contributed by atoms with van der Waals surface area (Å²) < 4.78 is 10.9. The average Bonchev–Trinajstić information content (AvgIpc) is 3.13. The van der Waals surface area contributed by atoms with E-state index in [2.05, 4.69) is 25.8 Å². The van der Waals surface area contributed by atoms with E-state index in [0.717, 1.165) is 5.56 Å². The molecular weight excluding hydrogens is 456 g/mol. The number of rotatable bonds is 6. The van der Waals surface area contributed by atoms with Gasteiger partial charge in [-0.05, 0) is 52.9 Å². The Morgan fingerprint density at radius 1 is 1.00 bits per heavy atom. The number of hydrogen-bond donors (Lipinski definition) is 1. The number of ether oxygens (including phenoxy) is 2. The first-order chi connectivity index (χ1) is 17.2. The minimum atomic E-state index is -0.842. The normalized spacial score (nSPS) is 17.4. The van der Waals surface area contributed by atoms with Crippen LogP contribution in [0.1, 0.15) is 49.2 Å². The maximum Gasteiger partial charge on any atom is 0.296 e. The van der Waals surface area contributed by atoms with Crippen molar-refractivity contribution in [3.05, 3.63) is 94.8 Å². The van der Waals surface area contributed by atoms with Crippen LogP contribution >= 0.6 is 0 Å². The Kier molecular flexibility index (Phi) is 6.84. The van der Waals surface area contributed by atoms with Gasteiger partial charge in [0.05, 0.1) is 43.6 Å². The summed E-state index contributed by atoms with van der Waals surface area (Å²) in [5.74, 6) is -0.780. The second kappa shape index (κ2) is 9.85. The number of ketones is 1. The van der Waals surface area contributed by atoms with Crippen molar-refractivity contribution >= 4 is 17.4 Å². The summed E-state index contributed by atoms with van der Waals surface area (Å²) >= 11 is 0. The fourth-order valence-electron chi connectivity index (χ4n) is 4.37. The summed E-state index contributed by atoms with van der Waals surface area (Å²) in [6.45, 7) is 6.27. The summed E-state index contributed by atoms with van der Waals surface area (Å²) in [5, 5.41) is 11.6. The van der Waals surface area contributed by atoms with Gasteiger partial charge in [-0.2, -0.15) is 0 Å². The van der Waals surface area contributed by atoms with Crippen LogP contribution in [0.5, 0.6) is 11.5 Å². The highest BCUT2D eigenvalue weighted by molar-refractivity contribution is 6.46. The second-order valence-corrected chi connectivity index (χ2v) is 9.69. The van der Waals surface area contributed by atoms with Crippen LogP contribution in [0.3, 0.4) is 0 Å². The van der Waals surface area contributed by atoms with Crippen molar-refractivity contribution in [2.24, 2.45) is 0 Å². The van der Waals surface area contributed by atoms with E-state index in [4.69, 9.17) is 9.47 Å². The van der Waals surface area contributed by atoms with Gasteiger partial charge < -0.3 is 19.5 Å². The number of benzene rings is 2. The van der Waals surface area contributed by atoms with Crippen molar-refractivity contribution in [3.63, 3.8) is 0 Å². The summed E-state index contributed by atoms with van der Waals surface area (Å²) in [7, 11) is 3.05. The number of Topliss-reactive ketones (excluding diaryl/α,β-unsaturated/α-hetero) is 1. The Bertz CT molecular complexity index is 1320. The van der Waals surface area contributed by atoms with Gasteiger partial charge in [0.15, 0.2) is 0 Å². The molecule has 36 heavy (non-hydrogen) atoms. The van der Waals surface area contributed by atoms with E-state index < -0.39 is 17.7 Å². The van der Waals surface area contributed by atoms with E-state index in [9.17, 15) is 14.7 Å². The predicted octanol–water partition coefficient (Wildman–Crippen LogP) is 5.02. The van der Waals surface area contributed by atoms with Crippen LogP contribution in [0.2, 0.25) is 0 Å². The Morgan fingerprint density at radius 3 is 2.42 bits per heavy atom. The van der Waals surface area contributed by atoms with Crippen LogP contribution in [0, 0.1) is 0 Å². The lowest BCUT2D eigenvalue weighted by atomic mass is 9.85. The van der Waals surface area contributed by atoms with E-state index >= 15 is 0 Å². The first-order valence-electron chi connectivity index (χ1n) is 11.7.